The molecule has 0 unspecified atom stereocenters. The molecule has 3 aromatic rings. The lowest BCUT2D eigenvalue weighted by Crippen LogP contribution is -2.32. The number of nitrogens with one attached hydrogen (secondary N) is 1. The van der Waals surface area contributed by atoms with E-state index < -0.39 is 11.8 Å². The Morgan fingerprint density at radius 1 is 1.00 bits per heavy atom. The van der Waals surface area contributed by atoms with Crippen molar-refractivity contribution in [2.24, 2.45) is 0 Å². The van der Waals surface area contributed by atoms with Crippen molar-refractivity contribution in [2.75, 3.05) is 12.4 Å². The van der Waals surface area contributed by atoms with Gasteiger partial charge < -0.3 is 10.1 Å². The molecule has 0 bridgehead atoms. The Kier molecular flexibility index (Phi) is 5.73. The number of methoxy groups -OCH3 is 1. The molecule has 0 spiro atoms. The number of hydrogen-bond acceptors (Lipinski definition) is 5. The molecule has 1 aliphatic rings. The van der Waals surface area contributed by atoms with E-state index in [0.717, 1.165) is 5.56 Å². The van der Waals surface area contributed by atoms with E-state index in [9.17, 15) is 9.59 Å². The molecule has 4 rings (SSSR count). The number of rotatable bonds is 6. The predicted octanol–water partition coefficient (Wildman–Crippen LogP) is 4.44. The highest BCUT2D eigenvalue weighted by Crippen LogP contribution is 2.36. The van der Waals surface area contributed by atoms with Crippen LogP contribution in [0.4, 0.5) is 5.69 Å². The van der Waals surface area contributed by atoms with E-state index in [1.807, 2.05) is 25.1 Å². The summed E-state index contributed by atoms with van der Waals surface area (Å²) in [5.74, 6) is -0.348. The van der Waals surface area contributed by atoms with E-state index in [0.29, 0.717) is 27.7 Å². The maximum absolute atomic E-state index is 13.4. The number of imide groups is 1. The van der Waals surface area contributed by atoms with Gasteiger partial charge in [-0.3, -0.25) is 19.5 Å². The first-order valence-electron chi connectivity index (χ1n) is 9.67. The first kappa shape index (κ1) is 20.6. The van der Waals surface area contributed by atoms with E-state index >= 15 is 0 Å². The Labute approximate surface area is 185 Å². The number of halogens is 1. The lowest BCUT2D eigenvalue weighted by Gasteiger charge is -2.15. The fraction of sp³-hybridized carbons (Fsp3) is 0.125. The van der Waals surface area contributed by atoms with Gasteiger partial charge in [0.2, 0.25) is 0 Å². The summed E-state index contributed by atoms with van der Waals surface area (Å²) < 4.78 is 5.46. The molecule has 0 radical (unpaired) electrons. The number of para-hydroxylation sites is 1. The second kappa shape index (κ2) is 8.62. The third-order valence-corrected chi connectivity index (χ3v) is 5.53. The van der Waals surface area contributed by atoms with Gasteiger partial charge in [0.25, 0.3) is 11.8 Å². The van der Waals surface area contributed by atoms with Gasteiger partial charge in [-0.1, -0.05) is 41.9 Å². The van der Waals surface area contributed by atoms with Crippen molar-refractivity contribution in [3.63, 3.8) is 0 Å². The molecule has 0 aliphatic carbocycles. The molecule has 0 fully saturated rings. The molecule has 2 heterocycles. The summed E-state index contributed by atoms with van der Waals surface area (Å²) in [6.07, 6.45) is 1.63. The molecule has 1 N–H and O–H groups in total. The van der Waals surface area contributed by atoms with Crippen LogP contribution in [0.1, 0.15) is 16.8 Å². The smallest absolute Gasteiger partial charge is 0.278 e. The zero-order chi connectivity index (χ0) is 22.0. The van der Waals surface area contributed by atoms with Crippen molar-refractivity contribution in [2.45, 2.75) is 13.5 Å². The Bertz CT molecular complexity index is 1190. The molecule has 6 nitrogen and oxygen atoms in total. The highest BCUT2D eigenvalue weighted by molar-refractivity contribution is 6.37. The van der Waals surface area contributed by atoms with E-state index in [-0.39, 0.29) is 17.8 Å². The van der Waals surface area contributed by atoms with Gasteiger partial charge in [0.1, 0.15) is 11.4 Å². The number of carbonyl (C=O) groups excluding carboxylic acids is 2. The summed E-state index contributed by atoms with van der Waals surface area (Å²) in [5, 5.41) is 3.71. The number of aromatic nitrogens is 1. The van der Waals surface area contributed by atoms with Gasteiger partial charge in [0, 0.05) is 22.5 Å². The topological polar surface area (TPSA) is 71.5 Å². The average Bonchev–Trinajstić information content (AvgIpc) is 3.01. The Hall–Kier alpha value is -3.64. The Balaban J connectivity index is 1.82. The third-order valence-electron chi connectivity index (χ3n) is 5.12. The molecule has 156 valence electrons. The van der Waals surface area contributed by atoms with Crippen molar-refractivity contribution in [1.82, 2.24) is 9.88 Å². The number of ether oxygens (including phenoxy) is 1. The first-order valence-corrected chi connectivity index (χ1v) is 10.0. The summed E-state index contributed by atoms with van der Waals surface area (Å²) in [7, 11) is 1.53. The highest BCUT2D eigenvalue weighted by Gasteiger charge is 2.40. The van der Waals surface area contributed by atoms with Gasteiger partial charge >= 0.3 is 0 Å². The summed E-state index contributed by atoms with van der Waals surface area (Å²) in [6, 6.07) is 17.9. The van der Waals surface area contributed by atoms with Crippen LogP contribution in [0.2, 0.25) is 5.02 Å². The largest absolute Gasteiger partial charge is 0.496 e. The molecule has 1 aliphatic heterocycles. The van der Waals surface area contributed by atoms with Gasteiger partial charge in [-0.2, -0.15) is 0 Å². The van der Waals surface area contributed by atoms with Crippen LogP contribution < -0.4 is 10.1 Å². The quantitative estimate of drug-likeness (QED) is 0.582. The average molecular weight is 434 g/mol. The minimum atomic E-state index is -0.434. The van der Waals surface area contributed by atoms with Crippen LogP contribution in [0.15, 0.2) is 72.6 Å². The summed E-state index contributed by atoms with van der Waals surface area (Å²) in [5.41, 5.74) is 3.00. The van der Waals surface area contributed by atoms with Crippen molar-refractivity contribution in [3.8, 4) is 5.75 Å². The molecular weight excluding hydrogens is 414 g/mol. The fourth-order valence-electron chi connectivity index (χ4n) is 3.47. The van der Waals surface area contributed by atoms with Crippen LogP contribution in [0.3, 0.4) is 0 Å². The molecule has 1 aromatic heterocycles. The molecule has 2 amide bonds. The monoisotopic (exact) mass is 433 g/mol. The first-order chi connectivity index (χ1) is 15.0. The normalized spacial score (nSPS) is 13.7. The van der Waals surface area contributed by atoms with Gasteiger partial charge in [0.15, 0.2) is 0 Å². The summed E-state index contributed by atoms with van der Waals surface area (Å²) >= 11 is 6.25. The molecule has 0 atom stereocenters. The molecule has 7 heteroatoms. The zero-order valence-corrected chi connectivity index (χ0v) is 17.8. The number of benzene rings is 2. The maximum atomic E-state index is 13.4. The minimum absolute atomic E-state index is 0.0663. The predicted molar refractivity (Wildman–Crippen MR) is 120 cm³/mol. The van der Waals surface area contributed by atoms with Crippen LogP contribution in [0.25, 0.3) is 5.57 Å². The van der Waals surface area contributed by atoms with Crippen molar-refractivity contribution in [1.29, 1.82) is 0 Å². The zero-order valence-electron chi connectivity index (χ0n) is 17.1. The van der Waals surface area contributed by atoms with E-state index in [1.54, 1.807) is 48.7 Å². The van der Waals surface area contributed by atoms with Crippen LogP contribution >= 0.6 is 11.6 Å². The van der Waals surface area contributed by atoms with Gasteiger partial charge in [-0.25, -0.2) is 0 Å². The highest BCUT2D eigenvalue weighted by atomic mass is 35.5. The van der Waals surface area contributed by atoms with Gasteiger partial charge in [-0.15, -0.1) is 0 Å². The number of nitrogens with zero attached hydrogens (tertiary/aromatic N) is 2. The second-order valence-electron chi connectivity index (χ2n) is 7.01. The molecular formula is C24H20ClN3O3. The minimum Gasteiger partial charge on any atom is -0.496 e. The molecule has 31 heavy (non-hydrogen) atoms. The molecule has 2 aromatic carbocycles. The maximum Gasteiger partial charge on any atom is 0.278 e. The van der Waals surface area contributed by atoms with Crippen LogP contribution in [-0.4, -0.2) is 28.8 Å². The number of anilines is 1. The van der Waals surface area contributed by atoms with Crippen LogP contribution in [0, 0.1) is 6.92 Å². The number of hydrogen-bond donors (Lipinski definition) is 1. The van der Waals surface area contributed by atoms with Crippen LogP contribution in [0.5, 0.6) is 5.75 Å². The molecule has 0 saturated heterocycles. The fourth-order valence-corrected chi connectivity index (χ4v) is 3.64. The summed E-state index contributed by atoms with van der Waals surface area (Å²) in [4.78, 5) is 32.3. The number of carbonyl (C=O) groups is 2. The van der Waals surface area contributed by atoms with Crippen molar-refractivity contribution < 1.29 is 14.3 Å². The standard InChI is InChI=1S/C24H20ClN3O3/c1-15-18(25)10-7-11-19(15)27-22-21(17-9-3-4-12-20(17)31-2)23(29)28(24(22)30)14-16-8-5-6-13-26-16/h3-13,27H,14H2,1-2H3. The van der Waals surface area contributed by atoms with E-state index in [4.69, 9.17) is 16.3 Å². The SMILES string of the molecule is COc1ccccc1C1=C(Nc2cccc(Cl)c2C)C(=O)N(Cc2ccccn2)C1=O. The lowest BCUT2D eigenvalue weighted by molar-refractivity contribution is -0.137. The van der Waals surface area contributed by atoms with Crippen molar-refractivity contribution in [3.05, 3.63) is 94.4 Å². The molecule has 0 saturated carbocycles. The van der Waals surface area contributed by atoms with Gasteiger partial charge in [-0.05, 0) is 42.8 Å². The Morgan fingerprint density at radius 2 is 1.77 bits per heavy atom. The lowest BCUT2D eigenvalue weighted by atomic mass is 10.0. The second-order valence-corrected chi connectivity index (χ2v) is 7.41. The van der Waals surface area contributed by atoms with Crippen molar-refractivity contribution >= 4 is 34.7 Å². The third kappa shape index (κ3) is 3.90. The van der Waals surface area contributed by atoms with E-state index in [1.165, 1.54) is 12.0 Å². The Morgan fingerprint density at radius 3 is 2.52 bits per heavy atom. The number of pyridine rings is 1. The van der Waals surface area contributed by atoms with E-state index in [2.05, 4.69) is 10.3 Å². The summed E-state index contributed by atoms with van der Waals surface area (Å²) in [6.45, 7) is 1.91. The van der Waals surface area contributed by atoms with Gasteiger partial charge in [0.05, 0.1) is 24.9 Å². The number of amides is 2. The van der Waals surface area contributed by atoms with Crippen LogP contribution in [-0.2, 0) is 16.1 Å².